The molecule has 114 valence electrons. The van der Waals surface area contributed by atoms with Crippen molar-refractivity contribution in [2.45, 2.75) is 58.0 Å². The Labute approximate surface area is 120 Å². The van der Waals surface area contributed by atoms with E-state index in [4.69, 9.17) is 0 Å². The van der Waals surface area contributed by atoms with E-state index >= 15 is 0 Å². The van der Waals surface area contributed by atoms with Crippen molar-refractivity contribution in [3.8, 4) is 0 Å². The molecule has 0 spiro atoms. The SMILES string of the molecule is CC1CCCCC1NC(=O)CN1CCC(C)C1C(=O)O. The molecule has 1 heterocycles. The van der Waals surface area contributed by atoms with Crippen LogP contribution in [0.15, 0.2) is 0 Å². The van der Waals surface area contributed by atoms with Gasteiger partial charge in [0.25, 0.3) is 0 Å². The summed E-state index contributed by atoms with van der Waals surface area (Å²) >= 11 is 0. The quantitative estimate of drug-likeness (QED) is 0.819. The first-order valence-electron chi connectivity index (χ1n) is 7.75. The summed E-state index contributed by atoms with van der Waals surface area (Å²) in [5, 5.41) is 12.4. The number of nitrogens with one attached hydrogen (secondary N) is 1. The Morgan fingerprint density at radius 1 is 1.15 bits per heavy atom. The summed E-state index contributed by atoms with van der Waals surface area (Å²) in [4.78, 5) is 25.2. The maximum Gasteiger partial charge on any atom is 0.321 e. The molecule has 1 amide bonds. The molecular formula is C15H26N2O3. The zero-order valence-corrected chi connectivity index (χ0v) is 12.5. The third kappa shape index (κ3) is 3.51. The zero-order chi connectivity index (χ0) is 14.7. The first kappa shape index (κ1) is 15.3. The van der Waals surface area contributed by atoms with Gasteiger partial charge in [0.2, 0.25) is 5.91 Å². The summed E-state index contributed by atoms with van der Waals surface area (Å²) in [5.74, 6) is -0.188. The molecule has 1 saturated carbocycles. The van der Waals surface area contributed by atoms with Crippen molar-refractivity contribution in [3.05, 3.63) is 0 Å². The first-order valence-corrected chi connectivity index (χ1v) is 7.75. The van der Waals surface area contributed by atoms with Crippen LogP contribution in [0.25, 0.3) is 0 Å². The van der Waals surface area contributed by atoms with Gasteiger partial charge in [0.1, 0.15) is 6.04 Å². The van der Waals surface area contributed by atoms with Crippen molar-refractivity contribution in [1.29, 1.82) is 0 Å². The minimum absolute atomic E-state index is 0.0240. The fourth-order valence-corrected chi connectivity index (χ4v) is 3.57. The van der Waals surface area contributed by atoms with E-state index in [1.165, 1.54) is 19.3 Å². The lowest BCUT2D eigenvalue weighted by Crippen LogP contribution is -2.48. The van der Waals surface area contributed by atoms with Crippen LogP contribution in [0.3, 0.4) is 0 Å². The Hall–Kier alpha value is -1.10. The lowest BCUT2D eigenvalue weighted by atomic mass is 9.86. The summed E-state index contributed by atoms with van der Waals surface area (Å²) in [6, 6.07) is -0.246. The summed E-state index contributed by atoms with van der Waals surface area (Å²) in [6.07, 6.45) is 5.49. The van der Waals surface area contributed by atoms with E-state index in [1.807, 2.05) is 6.92 Å². The summed E-state index contributed by atoms with van der Waals surface area (Å²) in [5.41, 5.74) is 0. The number of nitrogens with zero attached hydrogens (tertiary/aromatic N) is 1. The number of carbonyl (C=O) groups excluding carboxylic acids is 1. The number of aliphatic carboxylic acids is 1. The van der Waals surface area contributed by atoms with E-state index in [0.29, 0.717) is 12.5 Å². The van der Waals surface area contributed by atoms with E-state index in [1.54, 1.807) is 4.90 Å². The van der Waals surface area contributed by atoms with Gasteiger partial charge in [-0.3, -0.25) is 14.5 Å². The Kier molecular flexibility index (Phi) is 5.02. The normalized spacial score (nSPS) is 34.9. The fourth-order valence-electron chi connectivity index (χ4n) is 3.57. The molecule has 2 fully saturated rings. The lowest BCUT2D eigenvalue weighted by Gasteiger charge is -2.30. The van der Waals surface area contributed by atoms with E-state index in [2.05, 4.69) is 12.2 Å². The number of hydrogen-bond acceptors (Lipinski definition) is 3. The van der Waals surface area contributed by atoms with E-state index in [-0.39, 0.29) is 24.4 Å². The van der Waals surface area contributed by atoms with Crippen molar-refractivity contribution in [2.75, 3.05) is 13.1 Å². The van der Waals surface area contributed by atoms with Crippen LogP contribution in [0.2, 0.25) is 0 Å². The molecule has 0 bridgehead atoms. The number of likely N-dealkylation sites (tertiary alicyclic amines) is 1. The molecule has 4 unspecified atom stereocenters. The molecule has 2 aliphatic rings. The molecule has 2 N–H and O–H groups in total. The molecule has 5 heteroatoms. The maximum absolute atomic E-state index is 12.1. The third-order valence-corrected chi connectivity index (χ3v) is 4.86. The second-order valence-electron chi connectivity index (χ2n) is 6.46. The van der Waals surface area contributed by atoms with Crippen molar-refractivity contribution < 1.29 is 14.7 Å². The van der Waals surface area contributed by atoms with Gasteiger partial charge in [0, 0.05) is 6.04 Å². The van der Waals surface area contributed by atoms with Gasteiger partial charge >= 0.3 is 5.97 Å². The van der Waals surface area contributed by atoms with Crippen molar-refractivity contribution in [1.82, 2.24) is 10.2 Å². The maximum atomic E-state index is 12.1. The van der Waals surface area contributed by atoms with Crippen LogP contribution in [0, 0.1) is 11.8 Å². The van der Waals surface area contributed by atoms with Gasteiger partial charge in [-0.25, -0.2) is 0 Å². The predicted octanol–water partition coefficient (Wildman–Crippen LogP) is 1.48. The average molecular weight is 282 g/mol. The van der Waals surface area contributed by atoms with Crippen LogP contribution in [-0.2, 0) is 9.59 Å². The fraction of sp³-hybridized carbons (Fsp3) is 0.867. The van der Waals surface area contributed by atoms with Crippen LogP contribution in [0.1, 0.15) is 46.0 Å². The highest BCUT2D eigenvalue weighted by atomic mass is 16.4. The van der Waals surface area contributed by atoms with Gasteiger partial charge in [-0.1, -0.05) is 26.7 Å². The van der Waals surface area contributed by atoms with Crippen molar-refractivity contribution in [3.63, 3.8) is 0 Å². The van der Waals surface area contributed by atoms with Crippen LogP contribution in [-0.4, -0.2) is 47.1 Å². The van der Waals surface area contributed by atoms with Gasteiger partial charge in [-0.05, 0) is 37.6 Å². The van der Waals surface area contributed by atoms with Crippen LogP contribution in [0.5, 0.6) is 0 Å². The third-order valence-electron chi connectivity index (χ3n) is 4.86. The van der Waals surface area contributed by atoms with E-state index < -0.39 is 12.0 Å². The molecular weight excluding hydrogens is 256 g/mol. The monoisotopic (exact) mass is 282 g/mol. The Morgan fingerprint density at radius 2 is 1.85 bits per heavy atom. The molecule has 5 nitrogen and oxygen atoms in total. The van der Waals surface area contributed by atoms with Gasteiger partial charge < -0.3 is 10.4 Å². The number of rotatable bonds is 4. The minimum Gasteiger partial charge on any atom is -0.480 e. The lowest BCUT2D eigenvalue weighted by molar-refractivity contribution is -0.143. The molecule has 0 radical (unpaired) electrons. The summed E-state index contributed by atoms with van der Waals surface area (Å²) in [6.45, 7) is 5.04. The van der Waals surface area contributed by atoms with Crippen LogP contribution in [0.4, 0.5) is 0 Å². The number of carboxylic acids is 1. The number of hydrogen-bond donors (Lipinski definition) is 2. The Morgan fingerprint density at radius 3 is 2.50 bits per heavy atom. The summed E-state index contributed by atoms with van der Waals surface area (Å²) in [7, 11) is 0. The van der Waals surface area contributed by atoms with Crippen LogP contribution < -0.4 is 5.32 Å². The Balaban J connectivity index is 1.86. The van der Waals surface area contributed by atoms with E-state index in [9.17, 15) is 14.7 Å². The molecule has 1 aliphatic heterocycles. The smallest absolute Gasteiger partial charge is 0.321 e. The van der Waals surface area contributed by atoms with Crippen molar-refractivity contribution in [2.24, 2.45) is 11.8 Å². The Bertz CT molecular complexity index is 372. The van der Waals surface area contributed by atoms with Gasteiger partial charge in [-0.2, -0.15) is 0 Å². The highest BCUT2D eigenvalue weighted by molar-refractivity contribution is 5.80. The highest BCUT2D eigenvalue weighted by Gasteiger charge is 2.37. The van der Waals surface area contributed by atoms with Gasteiger partial charge in [-0.15, -0.1) is 0 Å². The largest absolute Gasteiger partial charge is 0.480 e. The minimum atomic E-state index is -0.811. The van der Waals surface area contributed by atoms with Gasteiger partial charge in [0.05, 0.1) is 6.54 Å². The molecule has 0 aromatic heterocycles. The molecule has 1 saturated heterocycles. The van der Waals surface area contributed by atoms with E-state index in [0.717, 1.165) is 12.8 Å². The number of carbonyl (C=O) groups is 2. The number of carboxylic acid groups (broad SMARTS) is 1. The van der Waals surface area contributed by atoms with Crippen LogP contribution >= 0.6 is 0 Å². The molecule has 1 aliphatic carbocycles. The second kappa shape index (κ2) is 6.57. The second-order valence-corrected chi connectivity index (χ2v) is 6.46. The number of amides is 1. The average Bonchev–Trinajstić information content (AvgIpc) is 2.73. The molecule has 0 aromatic carbocycles. The highest BCUT2D eigenvalue weighted by Crippen LogP contribution is 2.25. The molecule has 20 heavy (non-hydrogen) atoms. The zero-order valence-electron chi connectivity index (χ0n) is 12.5. The topological polar surface area (TPSA) is 69.6 Å². The predicted molar refractivity (Wildman–Crippen MR) is 76.3 cm³/mol. The first-order chi connectivity index (χ1) is 9.49. The molecule has 4 atom stereocenters. The van der Waals surface area contributed by atoms with Crippen molar-refractivity contribution >= 4 is 11.9 Å². The summed E-state index contributed by atoms with van der Waals surface area (Å²) < 4.78 is 0. The standard InChI is InChI=1S/C15H26N2O3/c1-10-5-3-4-6-12(10)16-13(18)9-17-8-7-11(2)14(17)15(19)20/h10-12,14H,3-9H2,1-2H3,(H,16,18)(H,19,20). The molecule has 0 aromatic rings. The molecule has 2 rings (SSSR count). The van der Waals surface area contributed by atoms with Gasteiger partial charge in [0.15, 0.2) is 0 Å².